The van der Waals surface area contributed by atoms with Gasteiger partial charge in [-0.3, -0.25) is 4.79 Å². The van der Waals surface area contributed by atoms with Crippen molar-refractivity contribution in [1.29, 1.82) is 15.8 Å². The number of nitrogens with one attached hydrogen (secondary N) is 1. The lowest BCUT2D eigenvalue weighted by Gasteiger charge is -2.19. The summed E-state index contributed by atoms with van der Waals surface area (Å²) in [6.45, 7) is 2.32. The van der Waals surface area contributed by atoms with Crippen molar-refractivity contribution in [3.05, 3.63) is 59.3 Å². The minimum atomic E-state index is -0.336. The molecule has 0 saturated carbocycles. The Bertz CT molecular complexity index is 1070. The first-order valence-electron chi connectivity index (χ1n) is 8.07. The van der Waals surface area contributed by atoms with E-state index in [1.54, 1.807) is 41.3 Å². The third kappa shape index (κ3) is 3.16. The number of hydrogen-bond acceptors (Lipinski definition) is 6. The molecule has 0 spiro atoms. The van der Waals surface area contributed by atoms with E-state index in [-0.39, 0.29) is 17.2 Å². The molecule has 1 amide bonds. The molecule has 27 heavy (non-hydrogen) atoms. The number of anilines is 2. The Morgan fingerprint density at radius 2 is 1.81 bits per heavy atom. The van der Waals surface area contributed by atoms with Crippen LogP contribution in [0.5, 0.6) is 11.5 Å². The van der Waals surface area contributed by atoms with Crippen LogP contribution in [0.1, 0.15) is 17.3 Å². The van der Waals surface area contributed by atoms with Crippen molar-refractivity contribution in [2.45, 2.75) is 6.92 Å². The number of benzene rings is 2. The summed E-state index contributed by atoms with van der Waals surface area (Å²) in [6, 6.07) is 17.1. The molecule has 1 aliphatic rings. The summed E-state index contributed by atoms with van der Waals surface area (Å²) in [5, 5.41) is 29.8. The highest BCUT2D eigenvalue weighted by atomic mass is 16.5. The van der Waals surface area contributed by atoms with E-state index < -0.39 is 0 Å². The quantitative estimate of drug-likeness (QED) is 0.840. The van der Waals surface area contributed by atoms with E-state index >= 15 is 0 Å². The highest BCUT2D eigenvalue weighted by molar-refractivity contribution is 6.10. The van der Waals surface area contributed by atoms with Crippen LogP contribution in [0.3, 0.4) is 0 Å². The highest BCUT2D eigenvalue weighted by Crippen LogP contribution is 2.39. The number of fused-ring (bicyclic) bond motifs is 2. The van der Waals surface area contributed by atoms with Crippen molar-refractivity contribution in [3.63, 3.8) is 0 Å². The molecule has 2 aromatic rings. The molecule has 0 aliphatic carbocycles. The van der Waals surface area contributed by atoms with Gasteiger partial charge in [-0.25, -0.2) is 0 Å². The van der Waals surface area contributed by atoms with Crippen LogP contribution in [0.2, 0.25) is 0 Å². The summed E-state index contributed by atoms with van der Waals surface area (Å²) in [5.74, 6) is 0.711. The molecule has 0 unspecified atom stereocenters. The van der Waals surface area contributed by atoms with Crippen LogP contribution in [-0.2, 0) is 0 Å². The Balaban J connectivity index is 2.06. The maximum atomic E-state index is 13.0. The number of amides is 1. The molecule has 7 nitrogen and oxygen atoms in total. The third-order valence-electron chi connectivity index (χ3n) is 4.00. The van der Waals surface area contributed by atoms with E-state index in [9.17, 15) is 10.1 Å². The maximum Gasteiger partial charge on any atom is 0.262 e. The summed E-state index contributed by atoms with van der Waals surface area (Å²) < 4.78 is 5.91. The van der Waals surface area contributed by atoms with Gasteiger partial charge in [0, 0.05) is 12.2 Å². The zero-order valence-electron chi connectivity index (χ0n) is 14.4. The van der Waals surface area contributed by atoms with Gasteiger partial charge in [0.05, 0.1) is 11.3 Å². The van der Waals surface area contributed by atoms with Gasteiger partial charge in [-0.2, -0.15) is 15.8 Å². The highest BCUT2D eigenvalue weighted by Gasteiger charge is 2.27. The molecule has 0 atom stereocenters. The first kappa shape index (κ1) is 17.5. The van der Waals surface area contributed by atoms with Gasteiger partial charge < -0.3 is 15.0 Å². The van der Waals surface area contributed by atoms with E-state index in [0.717, 1.165) is 0 Å². The molecule has 7 heteroatoms. The molecule has 1 N–H and O–H groups in total. The van der Waals surface area contributed by atoms with E-state index in [0.29, 0.717) is 35.0 Å². The lowest BCUT2D eigenvalue weighted by atomic mass is 10.1. The van der Waals surface area contributed by atoms with Crippen LogP contribution in [0.15, 0.2) is 53.7 Å². The standard InChI is InChI=1S/C20H13N5O2/c1-2-25-17-5-3-4-6-19(17)27-18-8-7-14(9-15(18)20(25)26)24-16(12-23)13(10-21)11-22/h3-9,24H,2H2,1H3. The summed E-state index contributed by atoms with van der Waals surface area (Å²) in [5.41, 5.74) is 0.859. The van der Waals surface area contributed by atoms with Crippen LogP contribution in [0.25, 0.3) is 0 Å². The summed E-state index contributed by atoms with van der Waals surface area (Å²) in [4.78, 5) is 14.6. The van der Waals surface area contributed by atoms with Gasteiger partial charge in [-0.05, 0) is 37.3 Å². The summed E-state index contributed by atoms with van der Waals surface area (Å²) in [6.07, 6.45) is 0. The zero-order chi connectivity index (χ0) is 19.4. The number of para-hydroxylation sites is 2. The fourth-order valence-electron chi connectivity index (χ4n) is 2.75. The Kier molecular flexibility index (Phi) is 4.75. The normalized spacial score (nSPS) is 11.5. The molecule has 130 valence electrons. The molecule has 1 aliphatic heterocycles. The number of nitrogens with zero attached hydrogens (tertiary/aromatic N) is 4. The van der Waals surface area contributed by atoms with Crippen molar-refractivity contribution in [2.24, 2.45) is 0 Å². The number of carbonyl (C=O) groups excluding carboxylic acids is 1. The van der Waals surface area contributed by atoms with Crippen LogP contribution >= 0.6 is 0 Å². The molecular formula is C20H13N5O2. The minimum Gasteiger partial charge on any atom is -0.454 e. The third-order valence-corrected chi connectivity index (χ3v) is 4.00. The first-order chi connectivity index (χ1) is 13.1. The van der Waals surface area contributed by atoms with Crippen molar-refractivity contribution < 1.29 is 9.53 Å². The average Bonchev–Trinajstić information content (AvgIpc) is 2.81. The monoisotopic (exact) mass is 355 g/mol. The second-order valence-corrected chi connectivity index (χ2v) is 5.54. The Morgan fingerprint density at radius 1 is 1.07 bits per heavy atom. The Labute approximate surface area is 155 Å². The number of carbonyl (C=O) groups is 1. The molecule has 1 heterocycles. The molecule has 0 bridgehead atoms. The zero-order valence-corrected chi connectivity index (χ0v) is 14.4. The van der Waals surface area contributed by atoms with Crippen LogP contribution < -0.4 is 15.0 Å². The summed E-state index contributed by atoms with van der Waals surface area (Å²) >= 11 is 0. The predicted octanol–water partition coefficient (Wildman–Crippen LogP) is 3.70. The topological polar surface area (TPSA) is 113 Å². The van der Waals surface area contributed by atoms with Crippen LogP contribution in [-0.4, -0.2) is 12.5 Å². The van der Waals surface area contributed by atoms with Crippen LogP contribution in [0, 0.1) is 34.0 Å². The smallest absolute Gasteiger partial charge is 0.262 e. The van der Waals surface area contributed by atoms with E-state index in [1.165, 1.54) is 6.07 Å². The van der Waals surface area contributed by atoms with Gasteiger partial charge in [0.15, 0.2) is 11.3 Å². The van der Waals surface area contributed by atoms with E-state index in [4.69, 9.17) is 15.3 Å². The summed E-state index contributed by atoms with van der Waals surface area (Å²) in [7, 11) is 0. The lowest BCUT2D eigenvalue weighted by molar-refractivity contribution is 0.0988. The Hall–Kier alpha value is -4.28. The SMILES string of the molecule is CCN1C(=O)c2cc(NC(C#N)=C(C#N)C#N)ccc2Oc2ccccc21. The van der Waals surface area contributed by atoms with Gasteiger partial charge in [0.2, 0.25) is 0 Å². The molecule has 0 radical (unpaired) electrons. The number of nitriles is 3. The molecule has 0 aromatic heterocycles. The molecule has 3 rings (SSSR count). The lowest BCUT2D eigenvalue weighted by Crippen LogP contribution is -2.29. The second-order valence-electron chi connectivity index (χ2n) is 5.54. The van der Waals surface area contributed by atoms with Crippen LogP contribution in [0.4, 0.5) is 11.4 Å². The number of allylic oxidation sites excluding steroid dienone is 2. The van der Waals surface area contributed by atoms with Gasteiger partial charge in [0.25, 0.3) is 5.91 Å². The number of rotatable bonds is 3. The molecule has 2 aromatic carbocycles. The van der Waals surface area contributed by atoms with Gasteiger partial charge >= 0.3 is 0 Å². The van der Waals surface area contributed by atoms with Gasteiger partial charge in [-0.1, -0.05) is 12.1 Å². The molecule has 0 fully saturated rings. The fraction of sp³-hybridized carbons (Fsp3) is 0.100. The fourth-order valence-corrected chi connectivity index (χ4v) is 2.75. The van der Waals surface area contributed by atoms with Crippen molar-refractivity contribution in [2.75, 3.05) is 16.8 Å². The number of ether oxygens (including phenoxy) is 1. The molecule has 0 saturated heterocycles. The molecular weight excluding hydrogens is 342 g/mol. The van der Waals surface area contributed by atoms with E-state index in [1.807, 2.05) is 25.1 Å². The number of hydrogen-bond donors (Lipinski definition) is 1. The van der Waals surface area contributed by atoms with Crippen molar-refractivity contribution in [3.8, 4) is 29.7 Å². The van der Waals surface area contributed by atoms with E-state index in [2.05, 4.69) is 5.32 Å². The van der Waals surface area contributed by atoms with Crippen molar-refractivity contribution >= 4 is 17.3 Å². The van der Waals surface area contributed by atoms with Gasteiger partial charge in [0.1, 0.15) is 29.7 Å². The maximum absolute atomic E-state index is 13.0. The predicted molar refractivity (Wildman–Crippen MR) is 97.8 cm³/mol. The van der Waals surface area contributed by atoms with Crippen molar-refractivity contribution in [1.82, 2.24) is 0 Å². The Morgan fingerprint density at radius 3 is 2.48 bits per heavy atom. The largest absolute Gasteiger partial charge is 0.454 e. The van der Waals surface area contributed by atoms with Gasteiger partial charge in [-0.15, -0.1) is 0 Å². The average molecular weight is 355 g/mol. The minimum absolute atomic E-state index is 0.183. The second kappa shape index (κ2) is 7.31. The first-order valence-corrected chi connectivity index (χ1v) is 8.07.